The molecule has 33 heavy (non-hydrogen) atoms. The molecule has 1 aliphatic heterocycles. The van der Waals surface area contributed by atoms with Gasteiger partial charge in [-0.25, -0.2) is 4.98 Å². The number of carbonyl (C=O) groups excluding carboxylic acids is 2. The lowest BCUT2D eigenvalue weighted by Crippen LogP contribution is -2.51. The zero-order valence-electron chi connectivity index (χ0n) is 18.1. The second kappa shape index (κ2) is 10.6. The molecule has 0 unspecified atom stereocenters. The number of benzene rings is 2. The summed E-state index contributed by atoms with van der Waals surface area (Å²) in [5.41, 5.74) is 2.41. The Morgan fingerprint density at radius 3 is 2.33 bits per heavy atom. The number of amides is 2. The lowest BCUT2D eigenvalue weighted by Gasteiger charge is -2.36. The van der Waals surface area contributed by atoms with E-state index in [1.807, 2.05) is 54.6 Å². The van der Waals surface area contributed by atoms with Crippen LogP contribution in [-0.2, 0) is 11.4 Å². The van der Waals surface area contributed by atoms with Gasteiger partial charge in [-0.2, -0.15) is 4.39 Å². The summed E-state index contributed by atoms with van der Waals surface area (Å²) in [5, 5.41) is 2.57. The van der Waals surface area contributed by atoms with Gasteiger partial charge in [0.05, 0.1) is 12.1 Å². The van der Waals surface area contributed by atoms with Crippen LogP contribution >= 0.6 is 0 Å². The Labute approximate surface area is 191 Å². The van der Waals surface area contributed by atoms with Gasteiger partial charge >= 0.3 is 0 Å². The molecule has 1 N–H and O–H groups in total. The van der Waals surface area contributed by atoms with E-state index in [-0.39, 0.29) is 18.0 Å². The Morgan fingerprint density at radius 1 is 0.939 bits per heavy atom. The third kappa shape index (κ3) is 6.06. The summed E-state index contributed by atoms with van der Waals surface area (Å²) in [6.07, 6.45) is 1.14. The molecule has 0 atom stereocenters. The summed E-state index contributed by atoms with van der Waals surface area (Å²) in [4.78, 5) is 31.9. The average Bonchev–Trinajstić information content (AvgIpc) is 2.87. The molecule has 1 aromatic heterocycles. The van der Waals surface area contributed by atoms with Crippen molar-refractivity contribution in [1.82, 2.24) is 15.2 Å². The molecule has 0 aliphatic carbocycles. The monoisotopic (exact) mass is 448 g/mol. The lowest BCUT2D eigenvalue weighted by atomic mass is 10.2. The van der Waals surface area contributed by atoms with Crippen molar-refractivity contribution in [3.05, 3.63) is 90.0 Å². The average molecular weight is 448 g/mol. The lowest BCUT2D eigenvalue weighted by molar-refractivity contribution is -0.130. The van der Waals surface area contributed by atoms with E-state index < -0.39 is 11.9 Å². The van der Waals surface area contributed by atoms with Crippen LogP contribution in [0.1, 0.15) is 15.9 Å². The van der Waals surface area contributed by atoms with Crippen LogP contribution in [0.15, 0.2) is 72.9 Å². The molecule has 0 saturated carbocycles. The molecule has 7 nitrogen and oxygen atoms in total. The van der Waals surface area contributed by atoms with Gasteiger partial charge in [-0.3, -0.25) is 9.59 Å². The molecule has 8 heteroatoms. The first-order valence-electron chi connectivity index (χ1n) is 10.8. The number of hydrogen-bond acceptors (Lipinski definition) is 5. The number of nitrogens with one attached hydrogen (secondary N) is 1. The molecule has 2 aromatic carbocycles. The van der Waals surface area contributed by atoms with E-state index >= 15 is 0 Å². The largest absolute Gasteiger partial charge is 0.489 e. The molecule has 4 rings (SSSR count). The Kier molecular flexibility index (Phi) is 7.14. The summed E-state index contributed by atoms with van der Waals surface area (Å²) in [5.74, 6) is -0.454. The van der Waals surface area contributed by atoms with Crippen molar-refractivity contribution in [3.63, 3.8) is 0 Å². The number of pyridine rings is 1. The quantitative estimate of drug-likeness (QED) is 0.563. The zero-order valence-corrected chi connectivity index (χ0v) is 18.1. The van der Waals surface area contributed by atoms with Crippen LogP contribution in [0.2, 0.25) is 0 Å². The fraction of sp³-hybridized carbons (Fsp3) is 0.240. The van der Waals surface area contributed by atoms with Gasteiger partial charge in [0.15, 0.2) is 0 Å². The summed E-state index contributed by atoms with van der Waals surface area (Å²) in [6.45, 7) is 2.95. The normalized spacial score (nSPS) is 13.5. The van der Waals surface area contributed by atoms with E-state index in [0.29, 0.717) is 32.8 Å². The van der Waals surface area contributed by atoms with Gasteiger partial charge in [-0.1, -0.05) is 30.3 Å². The minimum atomic E-state index is -0.658. The first-order valence-corrected chi connectivity index (χ1v) is 10.8. The van der Waals surface area contributed by atoms with Crippen molar-refractivity contribution in [2.75, 3.05) is 37.6 Å². The highest BCUT2D eigenvalue weighted by molar-refractivity contribution is 5.96. The maximum Gasteiger partial charge on any atom is 0.253 e. The number of ether oxygens (including phenoxy) is 1. The van der Waals surface area contributed by atoms with Crippen LogP contribution in [0.5, 0.6) is 5.75 Å². The Hall–Kier alpha value is -3.94. The number of nitrogens with zero attached hydrogens (tertiary/aromatic N) is 3. The van der Waals surface area contributed by atoms with Crippen molar-refractivity contribution >= 4 is 17.5 Å². The van der Waals surface area contributed by atoms with Gasteiger partial charge < -0.3 is 19.9 Å². The summed E-state index contributed by atoms with van der Waals surface area (Å²) < 4.78 is 18.7. The molecular weight excluding hydrogens is 423 g/mol. The van der Waals surface area contributed by atoms with E-state index in [4.69, 9.17) is 4.74 Å². The molecule has 0 radical (unpaired) electrons. The highest BCUT2D eigenvalue weighted by Crippen LogP contribution is 2.21. The van der Waals surface area contributed by atoms with Gasteiger partial charge in [0, 0.05) is 38.1 Å². The van der Waals surface area contributed by atoms with Gasteiger partial charge in [-0.05, 0) is 42.0 Å². The number of carbonyl (C=O) groups is 2. The topological polar surface area (TPSA) is 74.8 Å². The van der Waals surface area contributed by atoms with E-state index in [9.17, 15) is 14.0 Å². The van der Waals surface area contributed by atoms with E-state index in [0.717, 1.165) is 29.3 Å². The molecular formula is C25H25FN4O3. The number of rotatable bonds is 7. The zero-order chi connectivity index (χ0) is 23.0. The predicted octanol–water partition coefficient (Wildman–Crippen LogP) is 2.88. The van der Waals surface area contributed by atoms with Gasteiger partial charge in [-0.15, -0.1) is 0 Å². The third-order valence-electron chi connectivity index (χ3n) is 5.47. The molecule has 0 spiro atoms. The Bertz CT molecular complexity index is 1070. The Balaban J connectivity index is 1.21. The maximum atomic E-state index is 12.9. The fourth-order valence-corrected chi connectivity index (χ4v) is 3.59. The van der Waals surface area contributed by atoms with Crippen molar-refractivity contribution in [1.29, 1.82) is 0 Å². The molecule has 2 heterocycles. The van der Waals surface area contributed by atoms with Gasteiger partial charge in [0.25, 0.3) is 5.91 Å². The molecule has 2 amide bonds. The minimum Gasteiger partial charge on any atom is -0.489 e. The maximum absolute atomic E-state index is 12.9. The van der Waals surface area contributed by atoms with Crippen LogP contribution in [0.4, 0.5) is 10.1 Å². The summed E-state index contributed by atoms with van der Waals surface area (Å²) in [7, 11) is 0. The minimum absolute atomic E-state index is 0.107. The number of anilines is 1. The highest BCUT2D eigenvalue weighted by Gasteiger charge is 2.22. The molecule has 3 aromatic rings. The highest BCUT2D eigenvalue weighted by atomic mass is 19.1. The predicted molar refractivity (Wildman–Crippen MR) is 123 cm³/mol. The second-order valence-corrected chi connectivity index (χ2v) is 7.69. The van der Waals surface area contributed by atoms with E-state index in [1.165, 1.54) is 6.07 Å². The van der Waals surface area contributed by atoms with Crippen molar-refractivity contribution in [2.24, 2.45) is 0 Å². The fourth-order valence-electron chi connectivity index (χ4n) is 3.59. The van der Waals surface area contributed by atoms with Crippen LogP contribution in [0, 0.1) is 5.95 Å². The van der Waals surface area contributed by atoms with Gasteiger partial charge in [0.2, 0.25) is 11.9 Å². The third-order valence-corrected chi connectivity index (χ3v) is 5.47. The van der Waals surface area contributed by atoms with Crippen LogP contribution in [0.3, 0.4) is 0 Å². The second-order valence-electron chi connectivity index (χ2n) is 7.69. The number of hydrogen-bond donors (Lipinski definition) is 1. The number of aromatic nitrogens is 1. The first-order chi connectivity index (χ1) is 16.1. The standard InChI is InChI=1S/C25H25FN4O3/c26-23-11-6-20(16-27-23)25(32)28-17-24(31)30-14-12-29(13-15-30)21-7-9-22(10-8-21)33-18-19-4-2-1-3-5-19/h1-11,16H,12-15,17-18H2,(H,28,32). The van der Waals surface area contributed by atoms with Crippen molar-refractivity contribution in [2.45, 2.75) is 6.61 Å². The number of halogens is 1. The van der Waals surface area contributed by atoms with Crippen LogP contribution < -0.4 is 15.0 Å². The van der Waals surface area contributed by atoms with Crippen LogP contribution in [-0.4, -0.2) is 54.4 Å². The number of piperazine rings is 1. The first kappa shape index (κ1) is 22.3. The molecule has 1 fully saturated rings. The van der Waals surface area contributed by atoms with Crippen LogP contribution in [0.25, 0.3) is 0 Å². The summed E-state index contributed by atoms with van der Waals surface area (Å²) >= 11 is 0. The SMILES string of the molecule is O=C(NCC(=O)N1CCN(c2ccc(OCc3ccccc3)cc2)CC1)c1ccc(F)nc1. The van der Waals surface area contributed by atoms with E-state index in [2.05, 4.69) is 15.2 Å². The Morgan fingerprint density at radius 2 is 1.67 bits per heavy atom. The molecule has 0 bridgehead atoms. The molecule has 1 aliphatic rings. The molecule has 1 saturated heterocycles. The van der Waals surface area contributed by atoms with Crippen molar-refractivity contribution in [3.8, 4) is 5.75 Å². The smallest absolute Gasteiger partial charge is 0.253 e. The van der Waals surface area contributed by atoms with E-state index in [1.54, 1.807) is 4.90 Å². The summed E-state index contributed by atoms with van der Waals surface area (Å²) in [6, 6.07) is 20.4. The molecule has 170 valence electrons. The van der Waals surface area contributed by atoms with Crippen molar-refractivity contribution < 1.29 is 18.7 Å². The van der Waals surface area contributed by atoms with Gasteiger partial charge in [0.1, 0.15) is 12.4 Å².